The highest BCUT2D eigenvalue weighted by Crippen LogP contribution is 2.29. The van der Waals surface area contributed by atoms with Crippen molar-refractivity contribution in [3.63, 3.8) is 0 Å². The Hall–Kier alpha value is -3.10. The first-order chi connectivity index (χ1) is 11.9. The molecule has 9 heteroatoms. The van der Waals surface area contributed by atoms with Gasteiger partial charge in [0.1, 0.15) is 25.1 Å². The minimum atomic E-state index is -0.630. The molecule has 9 nitrogen and oxygen atoms in total. The van der Waals surface area contributed by atoms with E-state index in [0.717, 1.165) is 0 Å². The van der Waals surface area contributed by atoms with Gasteiger partial charge in [-0.1, -0.05) is 0 Å². The van der Waals surface area contributed by atoms with Crippen LogP contribution >= 0.6 is 0 Å². The van der Waals surface area contributed by atoms with Gasteiger partial charge in [0.15, 0.2) is 6.61 Å². The minimum absolute atomic E-state index is 0.128. The van der Waals surface area contributed by atoms with Crippen LogP contribution in [0.1, 0.15) is 10.4 Å². The summed E-state index contributed by atoms with van der Waals surface area (Å²) in [6.45, 7) is -0.933. The highest BCUT2D eigenvalue weighted by atomic mass is 16.6. The van der Waals surface area contributed by atoms with Crippen molar-refractivity contribution < 1.29 is 38.1 Å². The zero-order valence-corrected chi connectivity index (χ0v) is 14.1. The highest BCUT2D eigenvalue weighted by molar-refractivity contribution is 5.84. The fraction of sp³-hybridized carbons (Fsp3) is 0.375. The van der Waals surface area contributed by atoms with E-state index in [-0.39, 0.29) is 18.8 Å². The number of benzene rings is 1. The Morgan fingerprint density at radius 1 is 0.960 bits per heavy atom. The third-order valence-corrected chi connectivity index (χ3v) is 3.13. The van der Waals surface area contributed by atoms with Crippen molar-refractivity contribution in [2.45, 2.75) is 0 Å². The summed E-state index contributed by atoms with van der Waals surface area (Å²) in [4.78, 5) is 46.9. The summed E-state index contributed by atoms with van der Waals surface area (Å²) in [7, 11) is 3.63. The topological polar surface area (TPSA) is 108 Å². The molecule has 0 N–H and O–H groups in total. The van der Waals surface area contributed by atoms with E-state index in [1.807, 2.05) is 0 Å². The van der Waals surface area contributed by atoms with Crippen LogP contribution in [0.4, 0.5) is 5.69 Å². The molecule has 1 aromatic rings. The Balaban J connectivity index is 3.20. The molecule has 0 bridgehead atoms. The maximum atomic E-state index is 11.6. The summed E-state index contributed by atoms with van der Waals surface area (Å²) < 4.78 is 19.1. The van der Waals surface area contributed by atoms with Gasteiger partial charge in [0.05, 0.1) is 27.0 Å². The van der Waals surface area contributed by atoms with Gasteiger partial charge in [-0.2, -0.15) is 0 Å². The monoisotopic (exact) mass is 353 g/mol. The molecule has 0 atom stereocenters. The molecular formula is C16H19NO8. The number of esters is 3. The number of hydrogen-bond acceptors (Lipinski definition) is 9. The maximum absolute atomic E-state index is 11.6. The predicted molar refractivity (Wildman–Crippen MR) is 85.6 cm³/mol. The molecule has 0 amide bonds. The first-order valence-electron chi connectivity index (χ1n) is 7.12. The van der Waals surface area contributed by atoms with Crippen LogP contribution in [0, 0.1) is 0 Å². The molecule has 0 radical (unpaired) electrons. The summed E-state index contributed by atoms with van der Waals surface area (Å²) in [5, 5.41) is 0. The average Bonchev–Trinajstić information content (AvgIpc) is 2.64. The first kappa shape index (κ1) is 19.9. The van der Waals surface area contributed by atoms with Gasteiger partial charge < -0.3 is 23.8 Å². The molecule has 136 valence electrons. The molecule has 1 rings (SSSR count). The van der Waals surface area contributed by atoms with E-state index in [1.54, 1.807) is 0 Å². The first-order valence-corrected chi connectivity index (χ1v) is 7.12. The van der Waals surface area contributed by atoms with E-state index in [0.29, 0.717) is 17.5 Å². The largest absolute Gasteiger partial charge is 0.480 e. The standard InChI is InChI=1S/C16H19NO8/c1-22-14(19)7-17(8-15(20)23-2)12-5-4-11(9-18)6-13(12)25-10-16(21)24-3/h4-6,9H,7-8,10H2,1-3H3. The van der Waals surface area contributed by atoms with Gasteiger partial charge in [-0.15, -0.1) is 0 Å². The van der Waals surface area contributed by atoms with Crippen molar-refractivity contribution in [3.05, 3.63) is 23.8 Å². The number of aldehydes is 1. The molecule has 25 heavy (non-hydrogen) atoms. The average molecular weight is 353 g/mol. The number of hydrogen-bond donors (Lipinski definition) is 0. The van der Waals surface area contributed by atoms with Gasteiger partial charge in [-0.05, 0) is 18.2 Å². The fourth-order valence-electron chi connectivity index (χ4n) is 1.84. The zero-order valence-electron chi connectivity index (χ0n) is 14.1. The summed E-state index contributed by atoms with van der Waals surface area (Å²) in [5.74, 6) is -1.69. The van der Waals surface area contributed by atoms with Crippen LogP contribution in [0.3, 0.4) is 0 Å². The molecule has 0 aromatic heterocycles. The third-order valence-electron chi connectivity index (χ3n) is 3.13. The van der Waals surface area contributed by atoms with E-state index in [1.165, 1.54) is 44.4 Å². The van der Waals surface area contributed by atoms with E-state index in [2.05, 4.69) is 14.2 Å². The summed E-state index contributed by atoms with van der Waals surface area (Å²) >= 11 is 0. The van der Waals surface area contributed by atoms with Crippen LogP contribution in [-0.4, -0.2) is 65.2 Å². The van der Waals surface area contributed by atoms with Crippen LogP contribution < -0.4 is 9.64 Å². The molecule has 0 spiro atoms. The Labute approximate surface area is 144 Å². The highest BCUT2D eigenvalue weighted by Gasteiger charge is 2.20. The summed E-state index contributed by atoms with van der Waals surface area (Å²) in [5.41, 5.74) is 0.602. The number of nitrogens with zero attached hydrogens (tertiary/aromatic N) is 1. The van der Waals surface area contributed by atoms with Gasteiger partial charge in [-0.3, -0.25) is 14.4 Å². The van der Waals surface area contributed by atoms with E-state index >= 15 is 0 Å². The minimum Gasteiger partial charge on any atom is -0.480 e. The maximum Gasteiger partial charge on any atom is 0.343 e. The second kappa shape index (κ2) is 9.91. The molecule has 0 unspecified atom stereocenters. The lowest BCUT2D eigenvalue weighted by molar-refractivity contribution is -0.143. The molecule has 0 aliphatic rings. The van der Waals surface area contributed by atoms with Crippen molar-refractivity contribution in [1.82, 2.24) is 0 Å². The molecule has 0 aliphatic carbocycles. The van der Waals surface area contributed by atoms with E-state index < -0.39 is 24.5 Å². The van der Waals surface area contributed by atoms with Gasteiger partial charge in [0.25, 0.3) is 0 Å². The molecule has 1 aromatic carbocycles. The number of rotatable bonds is 9. The molecule has 0 fully saturated rings. The van der Waals surface area contributed by atoms with Gasteiger partial charge in [-0.25, -0.2) is 4.79 Å². The SMILES string of the molecule is COC(=O)COc1cc(C=O)ccc1N(CC(=O)OC)CC(=O)OC. The van der Waals surface area contributed by atoms with Crippen molar-refractivity contribution in [3.8, 4) is 5.75 Å². The number of carbonyl (C=O) groups excluding carboxylic acids is 4. The number of ether oxygens (including phenoxy) is 4. The van der Waals surface area contributed by atoms with Crippen molar-refractivity contribution in [2.24, 2.45) is 0 Å². The van der Waals surface area contributed by atoms with Gasteiger partial charge >= 0.3 is 17.9 Å². The lowest BCUT2D eigenvalue weighted by Gasteiger charge is -2.24. The second-order valence-electron chi connectivity index (χ2n) is 4.72. The van der Waals surface area contributed by atoms with Crippen LogP contribution in [0.15, 0.2) is 18.2 Å². The zero-order chi connectivity index (χ0) is 18.8. The van der Waals surface area contributed by atoms with Gasteiger partial charge in [0.2, 0.25) is 0 Å². The van der Waals surface area contributed by atoms with E-state index in [4.69, 9.17) is 4.74 Å². The molecule has 0 saturated carbocycles. The van der Waals surface area contributed by atoms with Crippen LogP contribution in [-0.2, 0) is 28.6 Å². The summed E-state index contributed by atoms with van der Waals surface area (Å²) in [6.07, 6.45) is 0.597. The van der Waals surface area contributed by atoms with Crippen molar-refractivity contribution >= 4 is 29.9 Å². The smallest absolute Gasteiger partial charge is 0.343 e. The Bertz CT molecular complexity index is 625. The van der Waals surface area contributed by atoms with Gasteiger partial charge in [0, 0.05) is 5.56 Å². The lowest BCUT2D eigenvalue weighted by Crippen LogP contribution is -2.36. The van der Waals surface area contributed by atoms with Crippen molar-refractivity contribution in [1.29, 1.82) is 0 Å². The lowest BCUT2D eigenvalue weighted by atomic mass is 10.2. The number of carbonyl (C=O) groups is 4. The quantitative estimate of drug-likeness (QED) is 0.349. The summed E-state index contributed by atoms with van der Waals surface area (Å²) in [6, 6.07) is 4.35. The Morgan fingerprint density at radius 3 is 2.00 bits per heavy atom. The molecule has 0 heterocycles. The van der Waals surface area contributed by atoms with Crippen LogP contribution in [0.2, 0.25) is 0 Å². The molecule has 0 aliphatic heterocycles. The number of methoxy groups -OCH3 is 3. The van der Waals surface area contributed by atoms with Crippen LogP contribution in [0.25, 0.3) is 0 Å². The van der Waals surface area contributed by atoms with Crippen LogP contribution in [0.5, 0.6) is 5.75 Å². The Morgan fingerprint density at radius 2 is 1.52 bits per heavy atom. The second-order valence-corrected chi connectivity index (χ2v) is 4.72. The normalized spacial score (nSPS) is 9.72. The predicted octanol–water partition coefficient (Wildman–Crippen LogP) is 0.203. The van der Waals surface area contributed by atoms with E-state index in [9.17, 15) is 19.2 Å². The van der Waals surface area contributed by atoms with Crippen molar-refractivity contribution in [2.75, 3.05) is 45.9 Å². The number of anilines is 1. The fourth-order valence-corrected chi connectivity index (χ4v) is 1.84. The molecule has 0 saturated heterocycles. The third kappa shape index (κ3) is 6.13. The Kier molecular flexibility index (Phi) is 7.91. The molecular weight excluding hydrogens is 334 g/mol.